The van der Waals surface area contributed by atoms with Crippen LogP contribution in [-0.2, 0) is 0 Å². The molecule has 0 aromatic heterocycles. The summed E-state index contributed by atoms with van der Waals surface area (Å²) in [5.41, 5.74) is 2.53. The van der Waals surface area contributed by atoms with Gasteiger partial charge in [-0.3, -0.25) is 0 Å². The molecule has 1 atom stereocenters. The van der Waals surface area contributed by atoms with Crippen LogP contribution >= 0.6 is 22.6 Å². The fourth-order valence-electron chi connectivity index (χ4n) is 2.19. The summed E-state index contributed by atoms with van der Waals surface area (Å²) in [6.45, 7) is 2.88. The molecular weight excluding hydrogens is 361 g/mol. The van der Waals surface area contributed by atoms with E-state index in [0.29, 0.717) is 0 Å². The van der Waals surface area contributed by atoms with Crippen LogP contribution in [-0.4, -0.2) is 13.7 Å². The zero-order valence-corrected chi connectivity index (χ0v) is 14.1. The molecule has 0 spiro atoms. The Labute approximate surface area is 134 Å². The van der Waals surface area contributed by atoms with Crippen molar-refractivity contribution in [3.8, 4) is 5.75 Å². The molecule has 106 valence electrons. The molecule has 0 heterocycles. The Morgan fingerprint density at radius 3 is 2.45 bits per heavy atom. The van der Waals surface area contributed by atoms with Crippen LogP contribution in [0.1, 0.15) is 30.5 Å². The van der Waals surface area contributed by atoms with Gasteiger partial charge in [0.15, 0.2) is 0 Å². The molecule has 2 aromatic carbocycles. The van der Waals surface area contributed by atoms with Gasteiger partial charge in [-0.05, 0) is 71.5 Å². The Hall–Kier alpha value is -1.07. The van der Waals surface area contributed by atoms with E-state index in [1.165, 1.54) is 14.7 Å². The lowest BCUT2D eigenvalue weighted by atomic mass is 9.99. The molecule has 2 nitrogen and oxygen atoms in total. The Kier molecular flexibility index (Phi) is 5.86. The third kappa shape index (κ3) is 3.96. The lowest BCUT2D eigenvalue weighted by molar-refractivity contribution is 0.317. The molecule has 0 aliphatic rings. The topological polar surface area (TPSA) is 21.3 Å². The van der Waals surface area contributed by atoms with Crippen molar-refractivity contribution in [2.75, 3.05) is 13.7 Å². The highest BCUT2D eigenvalue weighted by Gasteiger charge is 2.12. The maximum absolute atomic E-state index is 5.63. The monoisotopic (exact) mass is 381 g/mol. The minimum atomic E-state index is 0.213. The maximum atomic E-state index is 5.63. The minimum absolute atomic E-state index is 0.213. The summed E-state index contributed by atoms with van der Waals surface area (Å²) in [5, 5.41) is 3.38. The number of hydrogen-bond acceptors (Lipinski definition) is 2. The average molecular weight is 381 g/mol. The number of halogens is 1. The van der Waals surface area contributed by atoms with E-state index in [4.69, 9.17) is 4.74 Å². The van der Waals surface area contributed by atoms with Gasteiger partial charge in [0.2, 0.25) is 0 Å². The highest BCUT2D eigenvalue weighted by Crippen LogP contribution is 2.25. The van der Waals surface area contributed by atoms with Gasteiger partial charge in [-0.2, -0.15) is 0 Å². The van der Waals surface area contributed by atoms with Crippen LogP contribution in [0.3, 0.4) is 0 Å². The summed E-state index contributed by atoms with van der Waals surface area (Å²) in [4.78, 5) is 0. The lowest BCUT2D eigenvalue weighted by Crippen LogP contribution is -2.17. The van der Waals surface area contributed by atoms with Gasteiger partial charge in [-0.15, -0.1) is 0 Å². The largest absolute Gasteiger partial charge is 0.494 e. The Bertz CT molecular complexity index is 539. The van der Waals surface area contributed by atoms with Crippen molar-refractivity contribution < 1.29 is 4.74 Å². The highest BCUT2D eigenvalue weighted by molar-refractivity contribution is 14.1. The first-order chi connectivity index (χ1) is 9.74. The van der Waals surface area contributed by atoms with Crippen LogP contribution in [0, 0.1) is 3.57 Å². The molecule has 0 aliphatic carbocycles. The molecular formula is C17H20INO. The molecule has 1 N–H and O–H groups in total. The second-order valence-corrected chi connectivity index (χ2v) is 5.94. The van der Waals surface area contributed by atoms with Crippen molar-refractivity contribution in [3.63, 3.8) is 0 Å². The zero-order chi connectivity index (χ0) is 14.4. The predicted molar refractivity (Wildman–Crippen MR) is 92.3 cm³/mol. The molecule has 3 heteroatoms. The molecule has 20 heavy (non-hydrogen) atoms. The quantitative estimate of drug-likeness (QED) is 0.750. The number of nitrogens with one attached hydrogen (secondary N) is 1. The molecule has 0 bridgehead atoms. The van der Waals surface area contributed by atoms with E-state index in [2.05, 4.69) is 71.2 Å². The van der Waals surface area contributed by atoms with E-state index in [1.54, 1.807) is 0 Å². The van der Waals surface area contributed by atoms with E-state index in [-0.39, 0.29) is 6.04 Å². The van der Waals surface area contributed by atoms with Crippen molar-refractivity contribution in [2.45, 2.75) is 19.4 Å². The summed E-state index contributed by atoms with van der Waals surface area (Å²) in [6, 6.07) is 17.1. The van der Waals surface area contributed by atoms with Crippen molar-refractivity contribution in [2.24, 2.45) is 0 Å². The molecule has 1 unspecified atom stereocenters. The Balaban J connectivity index is 2.19. The third-order valence-corrected chi connectivity index (χ3v) is 3.83. The molecule has 0 fully saturated rings. The van der Waals surface area contributed by atoms with Crippen molar-refractivity contribution in [3.05, 3.63) is 63.2 Å². The van der Waals surface area contributed by atoms with Crippen molar-refractivity contribution >= 4 is 22.6 Å². The summed E-state index contributed by atoms with van der Waals surface area (Å²) in [7, 11) is 1.99. The van der Waals surface area contributed by atoms with E-state index >= 15 is 0 Å². The van der Waals surface area contributed by atoms with Crippen LogP contribution < -0.4 is 10.1 Å². The molecule has 0 aliphatic heterocycles. The maximum Gasteiger partial charge on any atom is 0.119 e. The summed E-state index contributed by atoms with van der Waals surface area (Å²) in [6.07, 6.45) is 1.03. The lowest BCUT2D eigenvalue weighted by Gasteiger charge is -2.18. The molecule has 2 rings (SSSR count). The standard InChI is InChI=1S/C17H20INO/c1-3-11-20-16-9-7-13(8-10-16)17(19-2)14-5-4-6-15(18)12-14/h4-10,12,17,19H,3,11H2,1-2H3. The predicted octanol–water partition coefficient (Wildman–Crippen LogP) is 4.39. The Morgan fingerprint density at radius 2 is 1.85 bits per heavy atom. The highest BCUT2D eigenvalue weighted by atomic mass is 127. The normalized spacial score (nSPS) is 12.2. The van der Waals surface area contributed by atoms with E-state index in [1.807, 2.05) is 19.2 Å². The van der Waals surface area contributed by atoms with Gasteiger partial charge in [0, 0.05) is 3.57 Å². The van der Waals surface area contributed by atoms with Crippen molar-refractivity contribution in [1.29, 1.82) is 0 Å². The first kappa shape index (κ1) is 15.3. The van der Waals surface area contributed by atoms with Gasteiger partial charge in [0.05, 0.1) is 12.6 Å². The van der Waals surface area contributed by atoms with Gasteiger partial charge < -0.3 is 10.1 Å². The van der Waals surface area contributed by atoms with E-state index in [0.717, 1.165) is 18.8 Å². The number of ether oxygens (including phenoxy) is 1. The number of rotatable bonds is 6. The fourth-order valence-corrected chi connectivity index (χ4v) is 2.76. The smallest absolute Gasteiger partial charge is 0.119 e. The molecule has 0 radical (unpaired) electrons. The first-order valence-electron chi connectivity index (χ1n) is 6.90. The van der Waals surface area contributed by atoms with Crippen LogP contribution in [0.4, 0.5) is 0 Å². The third-order valence-electron chi connectivity index (χ3n) is 3.16. The van der Waals surface area contributed by atoms with Crippen LogP contribution in [0.5, 0.6) is 5.75 Å². The average Bonchev–Trinajstić information content (AvgIpc) is 2.47. The van der Waals surface area contributed by atoms with Gasteiger partial charge in [-0.25, -0.2) is 0 Å². The number of hydrogen-bond donors (Lipinski definition) is 1. The molecule has 0 amide bonds. The van der Waals surface area contributed by atoms with Gasteiger partial charge >= 0.3 is 0 Å². The first-order valence-corrected chi connectivity index (χ1v) is 7.98. The van der Waals surface area contributed by atoms with Gasteiger partial charge in [0.1, 0.15) is 5.75 Å². The molecule has 2 aromatic rings. The van der Waals surface area contributed by atoms with E-state index in [9.17, 15) is 0 Å². The summed E-state index contributed by atoms with van der Waals surface area (Å²) < 4.78 is 6.88. The molecule has 0 saturated carbocycles. The van der Waals surface area contributed by atoms with Crippen LogP contribution in [0.15, 0.2) is 48.5 Å². The minimum Gasteiger partial charge on any atom is -0.494 e. The summed E-state index contributed by atoms with van der Waals surface area (Å²) in [5.74, 6) is 0.938. The van der Waals surface area contributed by atoms with E-state index < -0.39 is 0 Å². The zero-order valence-electron chi connectivity index (χ0n) is 11.9. The van der Waals surface area contributed by atoms with Gasteiger partial charge in [0.25, 0.3) is 0 Å². The summed E-state index contributed by atoms with van der Waals surface area (Å²) >= 11 is 2.35. The SMILES string of the molecule is CCCOc1ccc(C(NC)c2cccc(I)c2)cc1. The fraction of sp³-hybridized carbons (Fsp3) is 0.294. The van der Waals surface area contributed by atoms with Crippen LogP contribution in [0.25, 0.3) is 0 Å². The second kappa shape index (κ2) is 7.64. The Morgan fingerprint density at radius 1 is 1.10 bits per heavy atom. The second-order valence-electron chi connectivity index (χ2n) is 4.69. The molecule has 0 saturated heterocycles. The van der Waals surface area contributed by atoms with Crippen molar-refractivity contribution in [1.82, 2.24) is 5.32 Å². The number of benzene rings is 2. The van der Waals surface area contributed by atoms with Crippen LogP contribution in [0.2, 0.25) is 0 Å². The van der Waals surface area contributed by atoms with Gasteiger partial charge in [-0.1, -0.05) is 31.2 Å².